The van der Waals surface area contributed by atoms with Crippen LogP contribution in [0.3, 0.4) is 0 Å². The van der Waals surface area contributed by atoms with Crippen LogP contribution in [0.5, 0.6) is 0 Å². The molecule has 1 aromatic carbocycles. The lowest BCUT2D eigenvalue weighted by atomic mass is 10.1. The summed E-state index contributed by atoms with van der Waals surface area (Å²) >= 11 is 1.37. The minimum Gasteiger partial charge on any atom is -0.396 e. The molecule has 2 aromatic rings. The fourth-order valence-electron chi connectivity index (χ4n) is 1.81. The molecule has 3 rings (SSSR count). The van der Waals surface area contributed by atoms with E-state index in [-0.39, 0.29) is 11.3 Å². The molecule has 1 heterocycles. The van der Waals surface area contributed by atoms with E-state index in [2.05, 4.69) is 10.3 Å². The van der Waals surface area contributed by atoms with Gasteiger partial charge in [0.2, 0.25) is 0 Å². The largest absolute Gasteiger partial charge is 0.396 e. The molecule has 1 amide bonds. The van der Waals surface area contributed by atoms with Crippen molar-refractivity contribution in [2.45, 2.75) is 18.8 Å². The molecule has 0 unspecified atom stereocenters. The first-order valence-corrected chi connectivity index (χ1v) is 6.84. The number of carbonyl (C=O) groups is 1. The van der Waals surface area contributed by atoms with E-state index in [4.69, 9.17) is 5.73 Å². The summed E-state index contributed by atoms with van der Waals surface area (Å²) in [5.41, 5.74) is 6.56. The van der Waals surface area contributed by atoms with Gasteiger partial charge in [0.15, 0.2) is 5.13 Å². The molecule has 6 heteroatoms. The van der Waals surface area contributed by atoms with Gasteiger partial charge in [-0.05, 0) is 25.0 Å². The number of nitrogens with zero attached hydrogens (tertiary/aromatic N) is 1. The number of aromatic nitrogens is 1. The van der Waals surface area contributed by atoms with Crippen molar-refractivity contribution in [1.82, 2.24) is 4.98 Å². The van der Waals surface area contributed by atoms with Crippen molar-refractivity contribution in [1.29, 1.82) is 0 Å². The van der Waals surface area contributed by atoms with Crippen LogP contribution < -0.4 is 11.1 Å². The number of halogens is 1. The normalized spacial score (nSPS) is 14.4. The fourth-order valence-corrected chi connectivity index (χ4v) is 2.60. The van der Waals surface area contributed by atoms with Gasteiger partial charge in [0.05, 0.1) is 16.9 Å². The Morgan fingerprint density at radius 3 is 3.00 bits per heavy atom. The van der Waals surface area contributed by atoms with Gasteiger partial charge >= 0.3 is 0 Å². The molecule has 0 spiro atoms. The highest BCUT2D eigenvalue weighted by Gasteiger charge is 2.26. The van der Waals surface area contributed by atoms with E-state index in [0.29, 0.717) is 11.0 Å². The standard InChI is InChI=1S/C13H12FN3OS/c14-9-3-1-2-8(11(9)15)12(18)17-13-16-10(6-19-13)7-4-5-7/h1-3,6-7H,4-5,15H2,(H,16,17,18). The van der Waals surface area contributed by atoms with Gasteiger partial charge in [-0.1, -0.05) is 6.07 Å². The van der Waals surface area contributed by atoms with Crippen LogP contribution in [-0.4, -0.2) is 10.9 Å². The quantitative estimate of drug-likeness (QED) is 0.847. The molecule has 98 valence electrons. The molecule has 1 aliphatic rings. The van der Waals surface area contributed by atoms with E-state index in [1.165, 1.54) is 29.5 Å². The molecule has 1 aliphatic carbocycles. The SMILES string of the molecule is Nc1c(F)cccc1C(=O)Nc1nc(C2CC2)cs1. The van der Waals surface area contributed by atoms with E-state index in [9.17, 15) is 9.18 Å². The third-order valence-corrected chi connectivity index (χ3v) is 3.81. The number of nitrogens with two attached hydrogens (primary N) is 1. The zero-order valence-electron chi connectivity index (χ0n) is 10.0. The molecule has 1 saturated carbocycles. The van der Waals surface area contributed by atoms with E-state index in [1.807, 2.05) is 5.38 Å². The number of hydrogen-bond acceptors (Lipinski definition) is 4. The number of anilines is 2. The maximum Gasteiger partial charge on any atom is 0.259 e. The van der Waals surface area contributed by atoms with Crippen LogP contribution in [0.4, 0.5) is 15.2 Å². The van der Waals surface area contributed by atoms with Crippen LogP contribution >= 0.6 is 11.3 Å². The summed E-state index contributed by atoms with van der Waals surface area (Å²) in [7, 11) is 0. The summed E-state index contributed by atoms with van der Waals surface area (Å²) in [6.45, 7) is 0. The third-order valence-electron chi connectivity index (χ3n) is 3.04. The number of para-hydroxylation sites is 1. The van der Waals surface area contributed by atoms with Crippen LogP contribution in [0.2, 0.25) is 0 Å². The molecule has 0 atom stereocenters. The Balaban J connectivity index is 1.78. The van der Waals surface area contributed by atoms with Crippen LogP contribution in [0.1, 0.15) is 34.8 Å². The van der Waals surface area contributed by atoms with E-state index < -0.39 is 11.7 Å². The minimum atomic E-state index is -0.592. The lowest BCUT2D eigenvalue weighted by molar-refractivity contribution is 0.102. The number of hydrogen-bond donors (Lipinski definition) is 2. The van der Waals surface area contributed by atoms with E-state index >= 15 is 0 Å². The lowest BCUT2D eigenvalue weighted by Gasteiger charge is -2.05. The average Bonchev–Trinajstić information content (AvgIpc) is 3.14. The highest BCUT2D eigenvalue weighted by Crippen LogP contribution is 2.40. The predicted molar refractivity (Wildman–Crippen MR) is 72.9 cm³/mol. The van der Waals surface area contributed by atoms with Crippen LogP contribution in [0.15, 0.2) is 23.6 Å². The number of nitrogens with one attached hydrogen (secondary N) is 1. The zero-order chi connectivity index (χ0) is 13.4. The number of benzene rings is 1. The summed E-state index contributed by atoms with van der Waals surface area (Å²) in [5.74, 6) is -0.486. The number of nitrogen functional groups attached to an aromatic ring is 1. The minimum absolute atomic E-state index is 0.128. The summed E-state index contributed by atoms with van der Waals surface area (Å²) in [6, 6.07) is 4.17. The Morgan fingerprint density at radius 1 is 1.47 bits per heavy atom. The van der Waals surface area contributed by atoms with Crippen LogP contribution in [0.25, 0.3) is 0 Å². The average molecular weight is 277 g/mol. The van der Waals surface area contributed by atoms with Gasteiger partial charge in [-0.15, -0.1) is 11.3 Å². The molecule has 1 fully saturated rings. The lowest BCUT2D eigenvalue weighted by Crippen LogP contribution is -2.14. The van der Waals surface area contributed by atoms with Crippen molar-refractivity contribution < 1.29 is 9.18 Å². The molecule has 3 N–H and O–H groups in total. The maximum atomic E-state index is 13.3. The maximum absolute atomic E-state index is 13.3. The number of thiazole rings is 1. The first-order chi connectivity index (χ1) is 9.15. The van der Waals surface area contributed by atoms with Crippen molar-refractivity contribution in [3.05, 3.63) is 40.7 Å². The predicted octanol–water partition coefficient (Wildman–Crippen LogP) is 2.99. The molecular weight excluding hydrogens is 265 g/mol. The second-order valence-electron chi connectivity index (χ2n) is 4.51. The summed E-state index contributed by atoms with van der Waals surface area (Å²) in [6.07, 6.45) is 2.32. The monoisotopic (exact) mass is 277 g/mol. The Labute approximate surface area is 113 Å². The number of amides is 1. The van der Waals surface area contributed by atoms with Crippen LogP contribution in [-0.2, 0) is 0 Å². The second-order valence-corrected chi connectivity index (χ2v) is 5.37. The topological polar surface area (TPSA) is 68.0 Å². The van der Waals surface area contributed by atoms with Gasteiger partial charge < -0.3 is 5.73 Å². The number of carbonyl (C=O) groups excluding carboxylic acids is 1. The Morgan fingerprint density at radius 2 is 2.26 bits per heavy atom. The molecule has 0 radical (unpaired) electrons. The molecule has 0 aliphatic heterocycles. The molecule has 4 nitrogen and oxygen atoms in total. The van der Waals surface area contributed by atoms with E-state index in [0.717, 1.165) is 18.5 Å². The summed E-state index contributed by atoms with van der Waals surface area (Å²) in [5, 5.41) is 5.12. The van der Waals surface area contributed by atoms with E-state index in [1.54, 1.807) is 0 Å². The second kappa shape index (κ2) is 4.62. The molecule has 1 aromatic heterocycles. The van der Waals surface area contributed by atoms with Gasteiger partial charge in [-0.2, -0.15) is 0 Å². The molecule has 19 heavy (non-hydrogen) atoms. The fraction of sp³-hybridized carbons (Fsp3) is 0.231. The highest BCUT2D eigenvalue weighted by atomic mass is 32.1. The van der Waals surface area contributed by atoms with Gasteiger partial charge in [-0.3, -0.25) is 10.1 Å². The van der Waals surface area contributed by atoms with Crippen molar-refractivity contribution >= 4 is 28.1 Å². The number of rotatable bonds is 3. The Hall–Kier alpha value is -1.95. The van der Waals surface area contributed by atoms with Crippen molar-refractivity contribution in [2.75, 3.05) is 11.1 Å². The van der Waals surface area contributed by atoms with Crippen molar-refractivity contribution in [2.24, 2.45) is 0 Å². The van der Waals surface area contributed by atoms with Crippen LogP contribution in [0, 0.1) is 5.82 Å². The van der Waals surface area contributed by atoms with Gasteiger partial charge in [0.1, 0.15) is 5.82 Å². The van der Waals surface area contributed by atoms with Gasteiger partial charge in [0, 0.05) is 11.3 Å². The van der Waals surface area contributed by atoms with Crippen molar-refractivity contribution in [3.8, 4) is 0 Å². The highest BCUT2D eigenvalue weighted by molar-refractivity contribution is 7.14. The summed E-state index contributed by atoms with van der Waals surface area (Å²) in [4.78, 5) is 16.3. The third kappa shape index (κ3) is 2.44. The van der Waals surface area contributed by atoms with Gasteiger partial charge in [-0.25, -0.2) is 9.37 Å². The Bertz CT molecular complexity index is 637. The molecular formula is C13H12FN3OS. The first kappa shape index (κ1) is 12.1. The molecule has 0 saturated heterocycles. The van der Waals surface area contributed by atoms with Gasteiger partial charge in [0.25, 0.3) is 5.91 Å². The Kier molecular flexibility index (Phi) is 2.94. The van der Waals surface area contributed by atoms with Crippen molar-refractivity contribution in [3.63, 3.8) is 0 Å². The summed E-state index contributed by atoms with van der Waals surface area (Å²) < 4.78 is 13.3. The zero-order valence-corrected chi connectivity index (χ0v) is 10.8. The molecule has 0 bridgehead atoms. The first-order valence-electron chi connectivity index (χ1n) is 5.96. The smallest absolute Gasteiger partial charge is 0.259 e.